The number of carbonyl (C=O) groups excluding carboxylic acids is 1. The van der Waals surface area contributed by atoms with Gasteiger partial charge in [-0.15, -0.1) is 0 Å². The third-order valence-electron chi connectivity index (χ3n) is 5.22. The van der Waals surface area contributed by atoms with Crippen molar-refractivity contribution < 1.29 is 13.2 Å². The van der Waals surface area contributed by atoms with Crippen LogP contribution in [0.15, 0.2) is 42.7 Å². The molecule has 1 N–H and O–H groups in total. The Morgan fingerprint density at radius 3 is 2.75 bits per heavy atom. The van der Waals surface area contributed by atoms with Crippen LogP contribution in [-0.4, -0.2) is 25.6 Å². The minimum atomic E-state index is -3.35. The number of halogens is 1. The zero-order valence-electron chi connectivity index (χ0n) is 15.6. The van der Waals surface area contributed by atoms with Gasteiger partial charge in [0.2, 0.25) is 10.0 Å². The average molecular weight is 418 g/mol. The van der Waals surface area contributed by atoms with Crippen molar-refractivity contribution in [3.8, 4) is 0 Å². The lowest BCUT2D eigenvalue weighted by molar-refractivity contribution is 0.0993. The zero-order chi connectivity index (χ0) is 20.2. The van der Waals surface area contributed by atoms with Crippen LogP contribution in [0.25, 0.3) is 0 Å². The maximum Gasteiger partial charge on any atom is 0.259 e. The second-order valence-corrected chi connectivity index (χ2v) is 9.58. The molecule has 1 aromatic carbocycles. The topological polar surface area (TPSA) is 79.4 Å². The number of anilines is 1. The smallest absolute Gasteiger partial charge is 0.259 e. The lowest BCUT2D eigenvalue weighted by atomic mass is 9.99. The van der Waals surface area contributed by atoms with Crippen molar-refractivity contribution in [2.45, 2.75) is 31.8 Å². The van der Waals surface area contributed by atoms with Crippen molar-refractivity contribution in [1.29, 1.82) is 0 Å². The van der Waals surface area contributed by atoms with E-state index in [1.807, 2.05) is 6.92 Å². The summed E-state index contributed by atoms with van der Waals surface area (Å²) in [6, 6.07) is 4.57. The molecule has 8 heteroatoms. The minimum Gasteiger partial charge on any atom is -0.295 e. The number of carbonyl (C=O) groups is 1. The number of fused-ring (bicyclic) bond motifs is 2. The molecule has 2 atom stereocenters. The van der Waals surface area contributed by atoms with Gasteiger partial charge in [-0.3, -0.25) is 14.7 Å². The lowest BCUT2D eigenvalue weighted by Crippen LogP contribution is -2.30. The summed E-state index contributed by atoms with van der Waals surface area (Å²) in [6.45, 7) is 5.96. The number of pyridine rings is 1. The fourth-order valence-corrected chi connectivity index (χ4v) is 5.11. The predicted molar refractivity (Wildman–Crippen MR) is 109 cm³/mol. The second kappa shape index (κ2) is 6.69. The summed E-state index contributed by atoms with van der Waals surface area (Å²) in [5.74, 6) is -0.130. The van der Waals surface area contributed by atoms with Gasteiger partial charge in [0.25, 0.3) is 5.91 Å². The van der Waals surface area contributed by atoms with E-state index in [-0.39, 0.29) is 18.0 Å². The Morgan fingerprint density at radius 2 is 2.07 bits per heavy atom. The van der Waals surface area contributed by atoms with Crippen molar-refractivity contribution in [2.75, 3.05) is 11.2 Å². The first-order chi connectivity index (χ1) is 13.2. The number of nitrogens with zero attached hydrogens (tertiary/aromatic N) is 2. The molecular formula is C20H20ClN3O3S. The van der Waals surface area contributed by atoms with Gasteiger partial charge in [0.1, 0.15) is 0 Å². The first-order valence-corrected chi connectivity index (χ1v) is 11.2. The summed E-state index contributed by atoms with van der Waals surface area (Å²) in [5, 5.41) is 0.563. The summed E-state index contributed by atoms with van der Waals surface area (Å²) in [6.07, 6.45) is 5.77. The second-order valence-electron chi connectivity index (χ2n) is 7.36. The van der Waals surface area contributed by atoms with Crippen LogP contribution in [0.2, 0.25) is 5.02 Å². The third-order valence-corrected chi connectivity index (χ3v) is 6.17. The Morgan fingerprint density at radius 1 is 1.32 bits per heavy atom. The molecule has 0 radical (unpaired) electrons. The first kappa shape index (κ1) is 19.1. The number of amides is 1. The van der Waals surface area contributed by atoms with E-state index in [0.29, 0.717) is 29.1 Å². The van der Waals surface area contributed by atoms with Crippen molar-refractivity contribution in [1.82, 2.24) is 9.71 Å². The van der Waals surface area contributed by atoms with Crippen LogP contribution >= 0.6 is 11.6 Å². The summed E-state index contributed by atoms with van der Waals surface area (Å²) in [7, 11) is -3.35. The number of hydrogen-bond donors (Lipinski definition) is 1. The highest BCUT2D eigenvalue weighted by atomic mass is 35.5. The summed E-state index contributed by atoms with van der Waals surface area (Å²) < 4.78 is 26.0. The molecule has 146 valence electrons. The lowest BCUT2D eigenvalue weighted by Gasteiger charge is -2.27. The fourth-order valence-electron chi connectivity index (χ4n) is 4.17. The van der Waals surface area contributed by atoms with Gasteiger partial charge in [0, 0.05) is 22.8 Å². The molecule has 0 fully saturated rings. The Balaban J connectivity index is 1.82. The third kappa shape index (κ3) is 3.13. The minimum absolute atomic E-state index is 0.130. The van der Waals surface area contributed by atoms with Gasteiger partial charge in [0.15, 0.2) is 0 Å². The molecule has 0 bridgehead atoms. The Kier molecular flexibility index (Phi) is 4.56. The molecule has 0 spiro atoms. The number of aromatic nitrogens is 1. The van der Waals surface area contributed by atoms with E-state index >= 15 is 0 Å². The van der Waals surface area contributed by atoms with Crippen LogP contribution in [0.3, 0.4) is 0 Å². The molecule has 28 heavy (non-hydrogen) atoms. The molecule has 6 nitrogen and oxygen atoms in total. The highest BCUT2D eigenvalue weighted by Crippen LogP contribution is 2.45. The van der Waals surface area contributed by atoms with Gasteiger partial charge < -0.3 is 0 Å². The average Bonchev–Trinajstić information content (AvgIpc) is 3.12. The molecule has 2 aromatic rings. The van der Waals surface area contributed by atoms with Gasteiger partial charge >= 0.3 is 0 Å². The van der Waals surface area contributed by atoms with Crippen LogP contribution in [0.5, 0.6) is 0 Å². The van der Waals surface area contributed by atoms with Crippen molar-refractivity contribution in [3.05, 3.63) is 70.0 Å². The maximum absolute atomic E-state index is 13.2. The monoisotopic (exact) mass is 417 g/mol. The molecule has 2 aliphatic rings. The van der Waals surface area contributed by atoms with E-state index in [9.17, 15) is 13.2 Å². The standard InChI is InChI=1S/C20H20ClN3O3S/c1-11(2)19-15-8-12(21)4-5-14(15)20(25)24(19)18-10-22-9-16-13(18)6-7-17(16)23-28(3,26)27/h4-5,8-10,17,19,23H,1,6-7H2,2-3H3. The maximum atomic E-state index is 13.2. The highest BCUT2D eigenvalue weighted by Gasteiger charge is 2.41. The predicted octanol–water partition coefficient (Wildman–Crippen LogP) is 3.55. The SMILES string of the molecule is C=C(C)C1c2cc(Cl)ccc2C(=O)N1c1cncc2c1CCC2NS(C)(=O)=O. The van der Waals surface area contributed by atoms with Gasteiger partial charge in [0.05, 0.1) is 24.2 Å². The Bertz CT molecular complexity index is 1110. The fraction of sp³-hybridized carbons (Fsp3) is 0.300. The quantitative estimate of drug-likeness (QED) is 0.771. The number of hydrogen-bond acceptors (Lipinski definition) is 4. The van der Waals surface area contributed by atoms with Gasteiger partial charge in [-0.05, 0) is 54.7 Å². The normalized spacial score (nSPS) is 21.0. The first-order valence-electron chi connectivity index (χ1n) is 8.90. The Labute approximate surface area is 169 Å². The molecule has 1 amide bonds. The number of sulfonamides is 1. The van der Waals surface area contributed by atoms with E-state index in [0.717, 1.165) is 28.5 Å². The number of rotatable bonds is 4. The highest BCUT2D eigenvalue weighted by molar-refractivity contribution is 7.88. The van der Waals surface area contributed by atoms with Crippen LogP contribution in [0, 0.1) is 0 Å². The van der Waals surface area contributed by atoms with Gasteiger partial charge in [-0.25, -0.2) is 13.1 Å². The molecular weight excluding hydrogens is 398 g/mol. The molecule has 1 aromatic heterocycles. The van der Waals surface area contributed by atoms with Crippen molar-refractivity contribution in [3.63, 3.8) is 0 Å². The number of nitrogens with one attached hydrogen (secondary N) is 1. The van der Waals surface area contributed by atoms with Gasteiger partial charge in [-0.1, -0.05) is 23.8 Å². The summed E-state index contributed by atoms with van der Waals surface area (Å²) in [5.41, 5.74) is 4.68. The van der Waals surface area contributed by atoms with E-state index in [1.165, 1.54) is 0 Å². The van der Waals surface area contributed by atoms with Crippen LogP contribution < -0.4 is 9.62 Å². The number of benzene rings is 1. The largest absolute Gasteiger partial charge is 0.295 e. The summed E-state index contributed by atoms with van der Waals surface area (Å²) >= 11 is 6.17. The molecule has 0 saturated heterocycles. The van der Waals surface area contributed by atoms with E-state index in [2.05, 4.69) is 16.3 Å². The van der Waals surface area contributed by atoms with E-state index < -0.39 is 10.0 Å². The van der Waals surface area contributed by atoms with Crippen molar-refractivity contribution in [2.24, 2.45) is 0 Å². The van der Waals surface area contributed by atoms with Crippen LogP contribution in [0.1, 0.15) is 52.5 Å². The summed E-state index contributed by atoms with van der Waals surface area (Å²) in [4.78, 5) is 19.2. The van der Waals surface area contributed by atoms with Crippen molar-refractivity contribution >= 4 is 33.2 Å². The molecule has 2 unspecified atom stereocenters. The molecule has 1 aliphatic carbocycles. The van der Waals surface area contributed by atoms with E-state index in [4.69, 9.17) is 11.6 Å². The van der Waals surface area contributed by atoms with E-state index in [1.54, 1.807) is 35.5 Å². The molecule has 0 saturated carbocycles. The molecule has 2 heterocycles. The molecule has 4 rings (SSSR count). The van der Waals surface area contributed by atoms with Gasteiger partial charge in [-0.2, -0.15) is 0 Å². The molecule has 1 aliphatic heterocycles. The van der Waals surface area contributed by atoms with Crippen LogP contribution in [-0.2, 0) is 16.4 Å². The Hall–Kier alpha value is -2.22. The zero-order valence-corrected chi connectivity index (χ0v) is 17.1. The van der Waals surface area contributed by atoms with Crippen LogP contribution in [0.4, 0.5) is 5.69 Å².